The third kappa shape index (κ3) is 2.22. The molecule has 0 spiro atoms. The largest absolute Gasteiger partial charge is 0.0984 e. The molecule has 0 radical (unpaired) electrons. The predicted molar refractivity (Wildman–Crippen MR) is 77.6 cm³/mol. The zero-order valence-corrected chi connectivity index (χ0v) is 8.03. The third-order valence-corrected chi connectivity index (χ3v) is 2.43. The van der Waals surface area contributed by atoms with Crippen molar-refractivity contribution in [3.8, 4) is 0 Å². The Morgan fingerprint density at radius 3 is 2.12 bits per heavy atom. The van der Waals surface area contributed by atoms with Crippen LogP contribution in [-0.4, -0.2) is 0 Å². The average Bonchev–Trinajstić information content (AvgIpc) is 2.27. The fraction of sp³-hybridized carbons (Fsp3) is 0.125. The standard InChI is InChI=1S/C14H12.2CH4/c1-3-11-9-10-12-7-5-6-8-14(12)13(11)4-2;;/h3-10H,1-2H2;2*1H4. The van der Waals surface area contributed by atoms with Gasteiger partial charge in [0.25, 0.3) is 0 Å². The van der Waals surface area contributed by atoms with Crippen LogP contribution in [0.1, 0.15) is 26.0 Å². The topological polar surface area (TPSA) is 0 Å². The number of fused-ring (bicyclic) bond motifs is 1. The lowest BCUT2D eigenvalue weighted by Crippen LogP contribution is -1.82. The van der Waals surface area contributed by atoms with Crippen LogP contribution in [0.15, 0.2) is 49.6 Å². The minimum atomic E-state index is 0. The molecular formula is C16H20. The molecule has 0 amide bonds. The number of benzene rings is 2. The molecule has 0 aliphatic carbocycles. The van der Waals surface area contributed by atoms with Gasteiger partial charge in [-0.05, 0) is 21.9 Å². The van der Waals surface area contributed by atoms with Crippen molar-refractivity contribution >= 4 is 22.9 Å². The molecule has 0 atom stereocenters. The van der Waals surface area contributed by atoms with Crippen LogP contribution in [0, 0.1) is 0 Å². The predicted octanol–water partition coefficient (Wildman–Crippen LogP) is 5.40. The number of hydrogen-bond acceptors (Lipinski definition) is 0. The Labute approximate surface area is 98.9 Å². The summed E-state index contributed by atoms with van der Waals surface area (Å²) >= 11 is 0. The van der Waals surface area contributed by atoms with E-state index in [1.165, 1.54) is 10.8 Å². The van der Waals surface area contributed by atoms with Crippen molar-refractivity contribution in [2.75, 3.05) is 0 Å². The molecule has 0 unspecified atom stereocenters. The van der Waals surface area contributed by atoms with Crippen molar-refractivity contribution in [3.63, 3.8) is 0 Å². The molecule has 0 saturated carbocycles. The summed E-state index contributed by atoms with van der Waals surface area (Å²) in [5.41, 5.74) is 2.30. The molecule has 16 heavy (non-hydrogen) atoms. The summed E-state index contributed by atoms with van der Waals surface area (Å²) in [6.07, 6.45) is 3.75. The van der Waals surface area contributed by atoms with Gasteiger partial charge in [-0.25, -0.2) is 0 Å². The fourth-order valence-corrected chi connectivity index (χ4v) is 1.72. The van der Waals surface area contributed by atoms with Gasteiger partial charge < -0.3 is 0 Å². The molecular weight excluding hydrogens is 192 g/mol. The van der Waals surface area contributed by atoms with E-state index in [9.17, 15) is 0 Å². The van der Waals surface area contributed by atoms with Crippen molar-refractivity contribution in [1.82, 2.24) is 0 Å². The van der Waals surface area contributed by atoms with Crippen LogP contribution in [0.4, 0.5) is 0 Å². The Morgan fingerprint density at radius 2 is 1.50 bits per heavy atom. The van der Waals surface area contributed by atoms with Crippen molar-refractivity contribution in [2.45, 2.75) is 14.9 Å². The minimum Gasteiger partial charge on any atom is -0.0984 e. The summed E-state index contributed by atoms with van der Waals surface area (Å²) in [7, 11) is 0. The molecule has 0 saturated heterocycles. The van der Waals surface area contributed by atoms with Gasteiger partial charge in [-0.2, -0.15) is 0 Å². The Hall–Kier alpha value is -1.82. The highest BCUT2D eigenvalue weighted by molar-refractivity contribution is 5.93. The molecule has 0 nitrogen and oxygen atoms in total. The van der Waals surface area contributed by atoms with Gasteiger partial charge in [0.2, 0.25) is 0 Å². The van der Waals surface area contributed by atoms with Crippen LogP contribution in [0.3, 0.4) is 0 Å². The van der Waals surface area contributed by atoms with Crippen LogP contribution >= 0.6 is 0 Å². The second-order valence-electron chi connectivity index (χ2n) is 3.20. The average molecular weight is 212 g/mol. The smallest absolute Gasteiger partial charge is 0.0106 e. The van der Waals surface area contributed by atoms with Crippen LogP contribution in [0.2, 0.25) is 0 Å². The summed E-state index contributed by atoms with van der Waals surface area (Å²) in [4.78, 5) is 0. The Balaban J connectivity index is 0.00000112. The lowest BCUT2D eigenvalue weighted by molar-refractivity contribution is 1.67. The van der Waals surface area contributed by atoms with E-state index in [0.717, 1.165) is 11.1 Å². The minimum absolute atomic E-state index is 0. The lowest BCUT2D eigenvalue weighted by Gasteiger charge is -2.05. The van der Waals surface area contributed by atoms with Gasteiger partial charge in [-0.1, -0.05) is 76.6 Å². The Morgan fingerprint density at radius 1 is 0.812 bits per heavy atom. The Bertz CT molecular complexity index is 492. The summed E-state index contributed by atoms with van der Waals surface area (Å²) in [6, 6.07) is 12.5. The first kappa shape index (κ1) is 14.2. The summed E-state index contributed by atoms with van der Waals surface area (Å²) in [5.74, 6) is 0. The van der Waals surface area contributed by atoms with E-state index in [-0.39, 0.29) is 14.9 Å². The van der Waals surface area contributed by atoms with Gasteiger partial charge in [0.05, 0.1) is 0 Å². The molecule has 0 aliphatic heterocycles. The van der Waals surface area contributed by atoms with E-state index < -0.39 is 0 Å². The molecule has 0 aromatic heterocycles. The normalized spacial score (nSPS) is 8.75. The van der Waals surface area contributed by atoms with Gasteiger partial charge in [-0.15, -0.1) is 0 Å². The maximum Gasteiger partial charge on any atom is -0.0106 e. The molecule has 0 heteroatoms. The molecule has 2 aromatic carbocycles. The van der Waals surface area contributed by atoms with Gasteiger partial charge in [-0.3, -0.25) is 0 Å². The molecule has 0 N–H and O–H groups in total. The first-order chi connectivity index (χ1) is 6.86. The van der Waals surface area contributed by atoms with Gasteiger partial charge in [0.1, 0.15) is 0 Å². The fourth-order valence-electron chi connectivity index (χ4n) is 1.72. The van der Waals surface area contributed by atoms with E-state index >= 15 is 0 Å². The van der Waals surface area contributed by atoms with Crippen molar-refractivity contribution in [2.24, 2.45) is 0 Å². The molecule has 2 aromatic rings. The molecule has 0 aliphatic rings. The van der Waals surface area contributed by atoms with Gasteiger partial charge in [0, 0.05) is 0 Å². The molecule has 0 fully saturated rings. The zero-order valence-electron chi connectivity index (χ0n) is 8.03. The second kappa shape index (κ2) is 5.92. The van der Waals surface area contributed by atoms with Crippen molar-refractivity contribution in [3.05, 3.63) is 60.7 Å². The summed E-state index contributed by atoms with van der Waals surface area (Å²) in [6.45, 7) is 7.64. The van der Waals surface area contributed by atoms with Gasteiger partial charge in [0.15, 0.2) is 0 Å². The highest BCUT2D eigenvalue weighted by Gasteiger charge is 2.00. The summed E-state index contributed by atoms with van der Waals surface area (Å²) < 4.78 is 0. The first-order valence-electron chi connectivity index (χ1n) is 4.63. The maximum absolute atomic E-state index is 3.84. The summed E-state index contributed by atoms with van der Waals surface area (Å²) in [5, 5.41) is 2.48. The zero-order chi connectivity index (χ0) is 9.97. The number of rotatable bonds is 2. The quantitative estimate of drug-likeness (QED) is 0.625. The van der Waals surface area contributed by atoms with Crippen LogP contribution in [0.25, 0.3) is 22.9 Å². The maximum atomic E-state index is 3.84. The molecule has 0 bridgehead atoms. The molecule has 0 heterocycles. The van der Waals surface area contributed by atoms with E-state index in [4.69, 9.17) is 0 Å². The van der Waals surface area contributed by atoms with Crippen molar-refractivity contribution in [1.29, 1.82) is 0 Å². The van der Waals surface area contributed by atoms with E-state index in [2.05, 4.69) is 37.4 Å². The van der Waals surface area contributed by atoms with Crippen LogP contribution < -0.4 is 0 Å². The molecule has 84 valence electrons. The van der Waals surface area contributed by atoms with Crippen molar-refractivity contribution < 1.29 is 0 Å². The third-order valence-electron chi connectivity index (χ3n) is 2.43. The van der Waals surface area contributed by atoms with E-state index in [1.807, 2.05) is 24.3 Å². The van der Waals surface area contributed by atoms with Crippen LogP contribution in [-0.2, 0) is 0 Å². The lowest BCUT2D eigenvalue weighted by atomic mass is 9.99. The van der Waals surface area contributed by atoms with E-state index in [0.29, 0.717) is 0 Å². The number of hydrogen-bond donors (Lipinski definition) is 0. The van der Waals surface area contributed by atoms with Gasteiger partial charge >= 0.3 is 0 Å². The highest BCUT2D eigenvalue weighted by Crippen LogP contribution is 2.23. The second-order valence-corrected chi connectivity index (χ2v) is 3.20. The monoisotopic (exact) mass is 212 g/mol. The first-order valence-corrected chi connectivity index (χ1v) is 4.63. The highest BCUT2D eigenvalue weighted by atomic mass is 14.0. The SMILES string of the molecule is C.C.C=Cc1ccc2ccccc2c1C=C. The van der Waals surface area contributed by atoms with E-state index in [1.54, 1.807) is 0 Å². The Kier molecular flexibility index (Phi) is 5.24. The van der Waals surface area contributed by atoms with Crippen LogP contribution in [0.5, 0.6) is 0 Å². The molecule has 2 rings (SSSR count).